The highest BCUT2D eigenvalue weighted by atomic mass is 19.1. The van der Waals surface area contributed by atoms with Crippen molar-refractivity contribution in [3.8, 4) is 0 Å². The zero-order valence-electron chi connectivity index (χ0n) is 11.5. The van der Waals surface area contributed by atoms with Crippen LogP contribution in [0, 0.1) is 18.7 Å². The smallest absolute Gasteiger partial charge is 0.127 e. The Balaban J connectivity index is 1.88. The molecule has 0 unspecified atom stereocenters. The molecule has 0 spiro atoms. The van der Waals surface area contributed by atoms with E-state index < -0.39 is 0 Å². The second-order valence-corrected chi connectivity index (χ2v) is 5.66. The first-order valence-electron chi connectivity index (χ1n) is 7.15. The van der Waals surface area contributed by atoms with E-state index >= 15 is 0 Å². The number of halogens is 1. The van der Waals surface area contributed by atoms with Crippen LogP contribution in [0.25, 0.3) is 0 Å². The molecule has 1 atom stereocenters. The number of aryl methyl sites for hydroxylation is 1. The van der Waals surface area contributed by atoms with Gasteiger partial charge in [0.1, 0.15) is 5.82 Å². The Bertz CT molecular complexity index is 383. The van der Waals surface area contributed by atoms with Gasteiger partial charge < -0.3 is 5.32 Å². The highest BCUT2D eigenvalue weighted by Crippen LogP contribution is 2.26. The van der Waals surface area contributed by atoms with Crippen molar-refractivity contribution < 1.29 is 4.39 Å². The van der Waals surface area contributed by atoms with Crippen LogP contribution in [0.3, 0.4) is 0 Å². The van der Waals surface area contributed by atoms with Crippen molar-refractivity contribution in [2.75, 3.05) is 0 Å². The predicted molar refractivity (Wildman–Crippen MR) is 74.0 cm³/mol. The van der Waals surface area contributed by atoms with Gasteiger partial charge in [0.2, 0.25) is 0 Å². The number of hydrogen-bond donors (Lipinski definition) is 1. The first-order valence-corrected chi connectivity index (χ1v) is 7.15. The zero-order valence-corrected chi connectivity index (χ0v) is 11.5. The average Bonchev–Trinajstić information content (AvgIpc) is 2.40. The summed E-state index contributed by atoms with van der Waals surface area (Å²) in [6.07, 6.45) is 6.75. The lowest BCUT2D eigenvalue weighted by molar-refractivity contribution is 0.280. The molecule has 0 radical (unpaired) electrons. The van der Waals surface area contributed by atoms with Crippen LogP contribution in [0.1, 0.15) is 50.2 Å². The van der Waals surface area contributed by atoms with E-state index in [2.05, 4.69) is 12.2 Å². The summed E-state index contributed by atoms with van der Waals surface area (Å²) >= 11 is 0. The molecule has 1 nitrogen and oxygen atoms in total. The Morgan fingerprint density at radius 3 is 2.72 bits per heavy atom. The van der Waals surface area contributed by atoms with Crippen molar-refractivity contribution in [3.05, 3.63) is 35.1 Å². The Morgan fingerprint density at radius 2 is 2.00 bits per heavy atom. The van der Waals surface area contributed by atoms with Gasteiger partial charge in [0.15, 0.2) is 0 Å². The molecule has 1 aromatic rings. The van der Waals surface area contributed by atoms with Crippen LogP contribution in [-0.2, 0) is 6.54 Å². The minimum Gasteiger partial charge on any atom is -0.310 e. The highest BCUT2D eigenvalue weighted by molar-refractivity contribution is 5.23. The van der Waals surface area contributed by atoms with Gasteiger partial charge in [-0.3, -0.25) is 0 Å². The molecule has 1 aliphatic rings. The standard InChI is InChI=1S/C16H24FN/c1-12-8-9-16(17)15(10-12)11-18-13(2)14-6-4-3-5-7-14/h8-10,13-14,18H,3-7,11H2,1-2H3/t13-/m1/s1. The van der Waals surface area contributed by atoms with E-state index in [-0.39, 0.29) is 5.82 Å². The maximum Gasteiger partial charge on any atom is 0.127 e. The molecule has 2 heteroatoms. The summed E-state index contributed by atoms with van der Waals surface area (Å²) in [5, 5.41) is 3.50. The van der Waals surface area contributed by atoms with E-state index in [1.807, 2.05) is 19.1 Å². The molecule has 0 aromatic heterocycles. The van der Waals surface area contributed by atoms with Gasteiger partial charge in [-0.25, -0.2) is 4.39 Å². The fraction of sp³-hybridized carbons (Fsp3) is 0.625. The lowest BCUT2D eigenvalue weighted by atomic mass is 9.84. The molecule has 1 aromatic carbocycles. The first-order chi connectivity index (χ1) is 8.66. The summed E-state index contributed by atoms with van der Waals surface area (Å²) < 4.78 is 13.6. The van der Waals surface area contributed by atoms with E-state index in [1.165, 1.54) is 32.1 Å². The number of nitrogens with one attached hydrogen (secondary N) is 1. The van der Waals surface area contributed by atoms with Crippen molar-refractivity contribution in [1.82, 2.24) is 5.32 Å². The Morgan fingerprint density at radius 1 is 1.28 bits per heavy atom. The van der Waals surface area contributed by atoms with Gasteiger partial charge in [-0.1, -0.05) is 37.0 Å². The molecule has 0 amide bonds. The molecular weight excluding hydrogens is 225 g/mol. The van der Waals surface area contributed by atoms with Gasteiger partial charge in [0, 0.05) is 18.2 Å². The van der Waals surface area contributed by atoms with Crippen molar-refractivity contribution in [2.24, 2.45) is 5.92 Å². The van der Waals surface area contributed by atoms with E-state index in [0.717, 1.165) is 17.0 Å². The summed E-state index contributed by atoms with van der Waals surface area (Å²) in [5.41, 5.74) is 1.91. The largest absolute Gasteiger partial charge is 0.310 e. The van der Waals surface area contributed by atoms with Crippen LogP contribution in [0.5, 0.6) is 0 Å². The van der Waals surface area contributed by atoms with Gasteiger partial charge in [0.25, 0.3) is 0 Å². The fourth-order valence-corrected chi connectivity index (χ4v) is 2.91. The Kier molecular flexibility index (Phi) is 4.76. The van der Waals surface area contributed by atoms with Crippen LogP contribution < -0.4 is 5.32 Å². The van der Waals surface area contributed by atoms with Crippen LogP contribution >= 0.6 is 0 Å². The Labute approximate surface area is 110 Å². The zero-order chi connectivity index (χ0) is 13.0. The SMILES string of the molecule is Cc1ccc(F)c(CN[C@H](C)C2CCCCC2)c1. The molecule has 0 bridgehead atoms. The molecule has 2 rings (SSSR count). The first kappa shape index (κ1) is 13.5. The molecule has 1 saturated carbocycles. The van der Waals surface area contributed by atoms with E-state index in [0.29, 0.717) is 12.6 Å². The quantitative estimate of drug-likeness (QED) is 0.843. The molecule has 1 aliphatic carbocycles. The molecule has 1 N–H and O–H groups in total. The van der Waals surface area contributed by atoms with Crippen molar-refractivity contribution in [1.29, 1.82) is 0 Å². The van der Waals surface area contributed by atoms with Crippen LogP contribution in [-0.4, -0.2) is 6.04 Å². The van der Waals surface area contributed by atoms with Gasteiger partial charge >= 0.3 is 0 Å². The van der Waals surface area contributed by atoms with Crippen LogP contribution in [0.2, 0.25) is 0 Å². The molecule has 0 aliphatic heterocycles. The summed E-state index contributed by atoms with van der Waals surface area (Å²) in [6.45, 7) is 4.89. The monoisotopic (exact) mass is 249 g/mol. The van der Waals surface area contributed by atoms with Gasteiger partial charge in [0.05, 0.1) is 0 Å². The van der Waals surface area contributed by atoms with Gasteiger partial charge in [-0.15, -0.1) is 0 Å². The van der Waals surface area contributed by atoms with Gasteiger partial charge in [-0.2, -0.15) is 0 Å². The summed E-state index contributed by atoms with van der Waals surface area (Å²) in [7, 11) is 0. The summed E-state index contributed by atoms with van der Waals surface area (Å²) in [4.78, 5) is 0. The third-order valence-corrected chi connectivity index (χ3v) is 4.17. The van der Waals surface area contributed by atoms with Crippen molar-refractivity contribution in [3.63, 3.8) is 0 Å². The average molecular weight is 249 g/mol. The fourth-order valence-electron chi connectivity index (χ4n) is 2.91. The van der Waals surface area contributed by atoms with E-state index in [4.69, 9.17) is 0 Å². The maximum atomic E-state index is 13.6. The highest BCUT2D eigenvalue weighted by Gasteiger charge is 2.19. The minimum absolute atomic E-state index is 0.0936. The lowest BCUT2D eigenvalue weighted by Gasteiger charge is -2.28. The molecule has 0 heterocycles. The third kappa shape index (κ3) is 3.55. The number of rotatable bonds is 4. The molecule has 100 valence electrons. The lowest BCUT2D eigenvalue weighted by Crippen LogP contribution is -2.34. The number of benzene rings is 1. The van der Waals surface area contributed by atoms with E-state index in [9.17, 15) is 4.39 Å². The summed E-state index contributed by atoms with van der Waals surface area (Å²) in [6, 6.07) is 5.82. The van der Waals surface area contributed by atoms with Crippen molar-refractivity contribution >= 4 is 0 Å². The van der Waals surface area contributed by atoms with Crippen LogP contribution in [0.15, 0.2) is 18.2 Å². The topological polar surface area (TPSA) is 12.0 Å². The minimum atomic E-state index is -0.0936. The summed E-state index contributed by atoms with van der Waals surface area (Å²) in [5.74, 6) is 0.676. The van der Waals surface area contributed by atoms with Crippen molar-refractivity contribution in [2.45, 2.75) is 58.5 Å². The predicted octanol–water partition coefficient (Wildman–Crippen LogP) is 4.19. The third-order valence-electron chi connectivity index (χ3n) is 4.17. The molecule has 18 heavy (non-hydrogen) atoms. The second-order valence-electron chi connectivity index (χ2n) is 5.66. The van der Waals surface area contributed by atoms with E-state index in [1.54, 1.807) is 6.07 Å². The van der Waals surface area contributed by atoms with Gasteiger partial charge in [-0.05, 0) is 38.7 Å². The van der Waals surface area contributed by atoms with Crippen LogP contribution in [0.4, 0.5) is 4.39 Å². The number of hydrogen-bond acceptors (Lipinski definition) is 1. The second kappa shape index (κ2) is 6.33. The normalized spacial score (nSPS) is 18.8. The molecule has 1 fully saturated rings. The Hall–Kier alpha value is -0.890. The molecular formula is C16H24FN. The molecule has 0 saturated heterocycles. The maximum absolute atomic E-state index is 13.6.